The average molecular weight is 432 g/mol. The maximum absolute atomic E-state index is 13.4. The molecule has 154 valence electrons. The second-order valence-electron chi connectivity index (χ2n) is 7.26. The Balaban J connectivity index is 1.86. The fourth-order valence-electron chi connectivity index (χ4n) is 3.50. The lowest BCUT2D eigenvalue weighted by Crippen LogP contribution is -2.33. The van der Waals surface area contributed by atoms with E-state index in [0.717, 1.165) is 16.8 Å². The lowest BCUT2D eigenvalue weighted by molar-refractivity contribution is -0.384. The number of nitro benzene ring substituents is 1. The Morgan fingerprint density at radius 1 is 1.03 bits per heavy atom. The first kappa shape index (κ1) is 20.5. The molecule has 0 spiro atoms. The number of carbonyl (C=O) groups excluding carboxylic acids is 1. The molecular weight excluding hydrogens is 414 g/mol. The Morgan fingerprint density at radius 2 is 1.81 bits per heavy atom. The minimum absolute atomic E-state index is 0.0509. The van der Waals surface area contributed by atoms with Crippen molar-refractivity contribution >= 4 is 40.8 Å². The van der Waals surface area contributed by atoms with Crippen LogP contribution in [0.25, 0.3) is 6.08 Å². The van der Waals surface area contributed by atoms with Gasteiger partial charge in [0, 0.05) is 22.7 Å². The van der Waals surface area contributed by atoms with Crippen LogP contribution < -0.4 is 4.90 Å². The van der Waals surface area contributed by atoms with Crippen molar-refractivity contribution < 1.29 is 9.72 Å². The molecule has 6 nitrogen and oxygen atoms in total. The van der Waals surface area contributed by atoms with Crippen LogP contribution in [-0.4, -0.2) is 16.7 Å². The van der Waals surface area contributed by atoms with Crippen LogP contribution in [0.15, 0.2) is 77.4 Å². The van der Waals surface area contributed by atoms with Gasteiger partial charge in [-0.05, 0) is 49.2 Å². The van der Waals surface area contributed by atoms with E-state index in [9.17, 15) is 14.9 Å². The molecule has 0 saturated heterocycles. The maximum atomic E-state index is 13.4. The first-order valence-corrected chi connectivity index (χ1v) is 9.94. The van der Waals surface area contributed by atoms with E-state index in [0.29, 0.717) is 22.0 Å². The smallest absolute Gasteiger partial charge is 0.266 e. The third kappa shape index (κ3) is 4.11. The van der Waals surface area contributed by atoms with E-state index in [-0.39, 0.29) is 17.3 Å². The molecule has 1 aliphatic heterocycles. The molecule has 0 fully saturated rings. The van der Waals surface area contributed by atoms with Crippen molar-refractivity contribution in [1.29, 1.82) is 0 Å². The monoisotopic (exact) mass is 431 g/mol. The van der Waals surface area contributed by atoms with Crippen molar-refractivity contribution in [2.75, 3.05) is 4.90 Å². The molecule has 4 rings (SSSR count). The molecular formula is C24H18ClN3O3. The first-order chi connectivity index (χ1) is 14.8. The normalized spacial score (nSPS) is 14.8. The van der Waals surface area contributed by atoms with Gasteiger partial charge in [0.2, 0.25) is 0 Å². The first-order valence-electron chi connectivity index (χ1n) is 9.56. The van der Waals surface area contributed by atoms with Gasteiger partial charge in [0.15, 0.2) is 0 Å². The summed E-state index contributed by atoms with van der Waals surface area (Å²) in [6.07, 6.45) is 1.56. The summed E-state index contributed by atoms with van der Waals surface area (Å²) in [6.45, 7) is 3.93. The highest BCUT2D eigenvalue weighted by Crippen LogP contribution is 2.31. The van der Waals surface area contributed by atoms with Crippen molar-refractivity contribution in [2.45, 2.75) is 13.8 Å². The summed E-state index contributed by atoms with van der Waals surface area (Å²) in [5.41, 5.74) is 4.09. The predicted octanol–water partition coefficient (Wildman–Crippen LogP) is 5.70. The SMILES string of the molecule is Cc1ccc(N2C(=O)/C(=C/c3cccc([N+](=O)[O-])c3)N=C2c2cccc(Cl)c2)c(C)c1. The molecule has 1 heterocycles. The lowest BCUT2D eigenvalue weighted by atomic mass is 10.1. The number of amidine groups is 1. The molecule has 31 heavy (non-hydrogen) atoms. The van der Waals surface area contributed by atoms with E-state index in [1.807, 2.05) is 38.1 Å². The van der Waals surface area contributed by atoms with Crippen LogP contribution in [-0.2, 0) is 4.79 Å². The number of hydrogen-bond acceptors (Lipinski definition) is 4. The van der Waals surface area contributed by atoms with Gasteiger partial charge in [-0.1, -0.05) is 53.6 Å². The van der Waals surface area contributed by atoms with Crippen LogP contribution in [0.1, 0.15) is 22.3 Å². The Hall–Kier alpha value is -3.77. The van der Waals surface area contributed by atoms with Crippen molar-refractivity contribution in [2.24, 2.45) is 4.99 Å². The van der Waals surface area contributed by atoms with Crippen LogP contribution >= 0.6 is 11.6 Å². The number of aliphatic imine (C=N–C) groups is 1. The average Bonchev–Trinajstić information content (AvgIpc) is 3.04. The van der Waals surface area contributed by atoms with E-state index >= 15 is 0 Å². The summed E-state index contributed by atoms with van der Waals surface area (Å²) in [7, 11) is 0. The number of hydrogen-bond donors (Lipinski definition) is 0. The fourth-order valence-corrected chi connectivity index (χ4v) is 3.69. The number of rotatable bonds is 4. The summed E-state index contributed by atoms with van der Waals surface area (Å²) < 4.78 is 0. The van der Waals surface area contributed by atoms with Gasteiger partial charge in [0.25, 0.3) is 11.6 Å². The molecule has 0 atom stereocenters. The molecule has 3 aromatic carbocycles. The Morgan fingerprint density at radius 3 is 2.52 bits per heavy atom. The van der Waals surface area contributed by atoms with E-state index in [2.05, 4.69) is 4.99 Å². The van der Waals surface area contributed by atoms with E-state index in [1.54, 1.807) is 41.3 Å². The fraction of sp³-hybridized carbons (Fsp3) is 0.0833. The molecule has 0 aliphatic carbocycles. The van der Waals surface area contributed by atoms with Crippen LogP contribution in [0, 0.1) is 24.0 Å². The molecule has 0 N–H and O–H groups in total. The number of halogens is 1. The minimum Gasteiger partial charge on any atom is -0.266 e. The van der Waals surface area contributed by atoms with Crippen LogP contribution in [0.2, 0.25) is 5.02 Å². The van der Waals surface area contributed by atoms with E-state index < -0.39 is 4.92 Å². The largest absolute Gasteiger partial charge is 0.282 e. The molecule has 7 heteroatoms. The van der Waals surface area contributed by atoms with Crippen molar-refractivity contribution in [3.63, 3.8) is 0 Å². The summed E-state index contributed by atoms with van der Waals surface area (Å²) in [5, 5.41) is 11.6. The van der Waals surface area contributed by atoms with Gasteiger partial charge in [-0.25, -0.2) is 4.99 Å². The molecule has 0 aromatic heterocycles. The summed E-state index contributed by atoms with van der Waals surface area (Å²) in [6, 6.07) is 19.1. The number of nitro groups is 1. The second-order valence-corrected chi connectivity index (χ2v) is 7.69. The zero-order chi connectivity index (χ0) is 22.1. The van der Waals surface area contributed by atoms with E-state index in [1.165, 1.54) is 12.1 Å². The van der Waals surface area contributed by atoms with Crippen molar-refractivity contribution in [1.82, 2.24) is 0 Å². The van der Waals surface area contributed by atoms with Gasteiger partial charge < -0.3 is 0 Å². The van der Waals surface area contributed by atoms with Crippen LogP contribution in [0.5, 0.6) is 0 Å². The van der Waals surface area contributed by atoms with Gasteiger partial charge >= 0.3 is 0 Å². The Kier molecular flexibility index (Phi) is 5.40. The molecule has 0 saturated carbocycles. The number of nitrogens with zero attached hydrogens (tertiary/aromatic N) is 3. The topological polar surface area (TPSA) is 75.8 Å². The molecule has 1 aliphatic rings. The number of carbonyl (C=O) groups is 1. The Bertz CT molecular complexity index is 1280. The molecule has 1 amide bonds. The standard InChI is InChI=1S/C24H18ClN3O3/c1-15-9-10-22(16(2)11-15)27-23(18-6-4-7-19(25)14-18)26-21(24(27)29)13-17-5-3-8-20(12-17)28(30)31/h3-14H,1-2H3/b21-13-. The van der Waals surface area contributed by atoms with Gasteiger partial charge in [0.05, 0.1) is 10.6 Å². The zero-order valence-electron chi connectivity index (χ0n) is 16.9. The second kappa shape index (κ2) is 8.16. The molecule has 0 radical (unpaired) electrons. The number of anilines is 1. The van der Waals surface area contributed by atoms with Gasteiger partial charge in [0.1, 0.15) is 11.5 Å². The van der Waals surface area contributed by atoms with Gasteiger partial charge in [-0.3, -0.25) is 19.8 Å². The highest BCUT2D eigenvalue weighted by Gasteiger charge is 2.33. The molecule has 0 bridgehead atoms. The number of non-ortho nitro benzene ring substituents is 1. The minimum atomic E-state index is -0.471. The van der Waals surface area contributed by atoms with Crippen molar-refractivity contribution in [3.8, 4) is 0 Å². The quantitative estimate of drug-likeness (QED) is 0.302. The highest BCUT2D eigenvalue weighted by atomic mass is 35.5. The number of amides is 1. The van der Waals surface area contributed by atoms with Gasteiger partial charge in [-0.2, -0.15) is 0 Å². The van der Waals surface area contributed by atoms with Gasteiger partial charge in [-0.15, -0.1) is 0 Å². The highest BCUT2D eigenvalue weighted by molar-refractivity contribution is 6.35. The van der Waals surface area contributed by atoms with Crippen LogP contribution in [0.4, 0.5) is 11.4 Å². The third-order valence-electron chi connectivity index (χ3n) is 4.92. The molecule has 3 aromatic rings. The molecule has 0 unspecified atom stereocenters. The summed E-state index contributed by atoms with van der Waals surface area (Å²) in [5.74, 6) is 0.143. The lowest BCUT2D eigenvalue weighted by Gasteiger charge is -2.21. The number of benzene rings is 3. The predicted molar refractivity (Wildman–Crippen MR) is 122 cm³/mol. The third-order valence-corrected chi connectivity index (χ3v) is 5.16. The number of aryl methyl sites for hydroxylation is 2. The maximum Gasteiger partial charge on any atom is 0.282 e. The summed E-state index contributed by atoms with van der Waals surface area (Å²) in [4.78, 5) is 30.2. The Labute approximate surface area is 184 Å². The zero-order valence-corrected chi connectivity index (χ0v) is 17.6. The van der Waals surface area contributed by atoms with Crippen LogP contribution in [0.3, 0.4) is 0 Å². The van der Waals surface area contributed by atoms with Crippen molar-refractivity contribution in [3.05, 3.63) is 110 Å². The van der Waals surface area contributed by atoms with E-state index in [4.69, 9.17) is 11.6 Å². The summed E-state index contributed by atoms with van der Waals surface area (Å²) >= 11 is 6.18.